The first-order valence-corrected chi connectivity index (χ1v) is 4.70. The van der Waals surface area contributed by atoms with Crippen molar-refractivity contribution in [2.45, 2.75) is 39.5 Å². The topological polar surface area (TPSA) is 34.1 Å². The van der Waals surface area contributed by atoms with E-state index in [0.717, 1.165) is 12.8 Å². The van der Waals surface area contributed by atoms with Crippen molar-refractivity contribution in [3.05, 3.63) is 0 Å². The van der Waals surface area contributed by atoms with E-state index in [-0.39, 0.29) is 11.8 Å². The first-order chi connectivity index (χ1) is 5.65. The molecule has 2 nitrogen and oxygen atoms in total. The molecule has 0 amide bonds. The molecule has 2 heteroatoms. The molecular formula is C10H16O2. The molecule has 0 aromatic rings. The highest BCUT2D eigenvalue weighted by atomic mass is 16.1. The van der Waals surface area contributed by atoms with Crippen LogP contribution in [0.15, 0.2) is 0 Å². The standard InChI is InChI=1S/C10H16O2/c1-3-9(11)8-4-5-10(12)7(2)6-8/h7-8H,3-6H2,1-2H3. The van der Waals surface area contributed by atoms with Crippen molar-refractivity contribution >= 4 is 11.6 Å². The van der Waals surface area contributed by atoms with Crippen LogP contribution >= 0.6 is 0 Å². The highest BCUT2D eigenvalue weighted by molar-refractivity contribution is 5.86. The quantitative estimate of drug-likeness (QED) is 0.631. The van der Waals surface area contributed by atoms with Gasteiger partial charge in [0.05, 0.1) is 0 Å². The predicted molar refractivity (Wildman–Crippen MR) is 46.8 cm³/mol. The van der Waals surface area contributed by atoms with E-state index in [2.05, 4.69) is 0 Å². The van der Waals surface area contributed by atoms with Gasteiger partial charge in [-0.15, -0.1) is 0 Å². The Morgan fingerprint density at radius 1 is 1.58 bits per heavy atom. The lowest BCUT2D eigenvalue weighted by molar-refractivity contribution is -0.129. The molecule has 0 aliphatic heterocycles. The third kappa shape index (κ3) is 1.93. The fraction of sp³-hybridized carbons (Fsp3) is 0.800. The molecule has 2 atom stereocenters. The van der Waals surface area contributed by atoms with Crippen LogP contribution in [-0.2, 0) is 9.59 Å². The Hall–Kier alpha value is -0.660. The zero-order chi connectivity index (χ0) is 9.14. The van der Waals surface area contributed by atoms with Gasteiger partial charge in [-0.25, -0.2) is 0 Å². The third-order valence-corrected chi connectivity index (χ3v) is 2.73. The SMILES string of the molecule is CCC(=O)C1CCC(=O)C(C)C1. The number of rotatable bonds is 2. The van der Waals surface area contributed by atoms with E-state index in [0.29, 0.717) is 24.4 Å². The molecule has 0 bridgehead atoms. The van der Waals surface area contributed by atoms with Crippen LogP contribution in [0.5, 0.6) is 0 Å². The summed E-state index contributed by atoms with van der Waals surface area (Å²) in [5.74, 6) is 0.937. The van der Waals surface area contributed by atoms with Gasteiger partial charge in [-0.3, -0.25) is 9.59 Å². The van der Waals surface area contributed by atoms with Crippen molar-refractivity contribution in [3.63, 3.8) is 0 Å². The number of hydrogen-bond donors (Lipinski definition) is 0. The molecule has 0 spiro atoms. The van der Waals surface area contributed by atoms with Gasteiger partial charge in [0.1, 0.15) is 11.6 Å². The number of hydrogen-bond acceptors (Lipinski definition) is 2. The van der Waals surface area contributed by atoms with Gasteiger partial charge in [0.2, 0.25) is 0 Å². The second-order valence-corrected chi connectivity index (χ2v) is 3.66. The summed E-state index contributed by atoms with van der Waals surface area (Å²) in [5.41, 5.74) is 0. The van der Waals surface area contributed by atoms with E-state index >= 15 is 0 Å². The Morgan fingerprint density at radius 2 is 2.25 bits per heavy atom. The second kappa shape index (κ2) is 3.83. The number of carbonyl (C=O) groups is 2. The van der Waals surface area contributed by atoms with Crippen molar-refractivity contribution in [1.29, 1.82) is 0 Å². The molecular weight excluding hydrogens is 152 g/mol. The van der Waals surface area contributed by atoms with E-state index in [4.69, 9.17) is 0 Å². The average Bonchev–Trinajstić information content (AvgIpc) is 2.08. The van der Waals surface area contributed by atoms with E-state index in [1.807, 2.05) is 13.8 Å². The zero-order valence-corrected chi connectivity index (χ0v) is 7.80. The Bertz CT molecular complexity index is 196. The van der Waals surface area contributed by atoms with Gasteiger partial charge in [0, 0.05) is 24.7 Å². The molecule has 1 aliphatic carbocycles. The van der Waals surface area contributed by atoms with Gasteiger partial charge >= 0.3 is 0 Å². The van der Waals surface area contributed by atoms with Crippen molar-refractivity contribution in [3.8, 4) is 0 Å². The molecule has 1 fully saturated rings. The molecule has 1 aliphatic rings. The Labute approximate surface area is 73.3 Å². The Morgan fingerprint density at radius 3 is 2.75 bits per heavy atom. The van der Waals surface area contributed by atoms with Gasteiger partial charge in [-0.05, 0) is 12.8 Å². The highest BCUT2D eigenvalue weighted by Crippen LogP contribution is 2.27. The lowest BCUT2D eigenvalue weighted by atomic mass is 9.79. The summed E-state index contributed by atoms with van der Waals surface area (Å²) >= 11 is 0. The normalized spacial score (nSPS) is 30.3. The van der Waals surface area contributed by atoms with Crippen molar-refractivity contribution in [1.82, 2.24) is 0 Å². The molecule has 2 unspecified atom stereocenters. The maximum Gasteiger partial charge on any atom is 0.135 e. The van der Waals surface area contributed by atoms with Gasteiger partial charge < -0.3 is 0 Å². The number of Topliss-reactive ketones (excluding diaryl/α,β-unsaturated/α-hetero) is 2. The van der Waals surface area contributed by atoms with E-state index in [9.17, 15) is 9.59 Å². The second-order valence-electron chi connectivity index (χ2n) is 3.66. The van der Waals surface area contributed by atoms with Crippen molar-refractivity contribution in [2.24, 2.45) is 11.8 Å². The molecule has 0 heterocycles. The predicted octanol–water partition coefficient (Wildman–Crippen LogP) is 1.97. The summed E-state index contributed by atoms with van der Waals surface area (Å²) in [7, 11) is 0. The maximum absolute atomic E-state index is 11.3. The van der Waals surface area contributed by atoms with Gasteiger partial charge in [-0.2, -0.15) is 0 Å². The third-order valence-electron chi connectivity index (χ3n) is 2.73. The van der Waals surface area contributed by atoms with Crippen LogP contribution in [0.4, 0.5) is 0 Å². The summed E-state index contributed by atoms with van der Waals surface area (Å²) in [5, 5.41) is 0. The minimum absolute atomic E-state index is 0.110. The minimum atomic E-state index is 0.110. The average molecular weight is 168 g/mol. The van der Waals surface area contributed by atoms with E-state index in [1.54, 1.807) is 0 Å². The van der Waals surface area contributed by atoms with Crippen molar-refractivity contribution in [2.75, 3.05) is 0 Å². The van der Waals surface area contributed by atoms with Crippen LogP contribution in [0, 0.1) is 11.8 Å². The van der Waals surface area contributed by atoms with Gasteiger partial charge in [-0.1, -0.05) is 13.8 Å². The van der Waals surface area contributed by atoms with Crippen LogP contribution in [-0.4, -0.2) is 11.6 Å². The van der Waals surface area contributed by atoms with Crippen LogP contribution in [0.25, 0.3) is 0 Å². The zero-order valence-electron chi connectivity index (χ0n) is 7.80. The molecule has 68 valence electrons. The molecule has 1 saturated carbocycles. The van der Waals surface area contributed by atoms with Gasteiger partial charge in [0.25, 0.3) is 0 Å². The fourth-order valence-corrected chi connectivity index (χ4v) is 1.82. The summed E-state index contributed by atoms with van der Waals surface area (Å²) < 4.78 is 0. The van der Waals surface area contributed by atoms with Crippen LogP contribution < -0.4 is 0 Å². The number of carbonyl (C=O) groups excluding carboxylic acids is 2. The first kappa shape index (κ1) is 9.43. The lowest BCUT2D eigenvalue weighted by Gasteiger charge is -2.24. The molecule has 0 N–H and O–H groups in total. The monoisotopic (exact) mass is 168 g/mol. The summed E-state index contributed by atoms with van der Waals surface area (Å²) in [6.07, 6.45) is 2.80. The largest absolute Gasteiger partial charge is 0.299 e. The Balaban J connectivity index is 2.50. The van der Waals surface area contributed by atoms with Gasteiger partial charge in [0.15, 0.2) is 0 Å². The smallest absolute Gasteiger partial charge is 0.135 e. The number of ketones is 2. The van der Waals surface area contributed by atoms with Crippen LogP contribution in [0.1, 0.15) is 39.5 Å². The minimum Gasteiger partial charge on any atom is -0.299 e. The maximum atomic E-state index is 11.3. The summed E-state index contributed by atoms with van der Waals surface area (Å²) in [6, 6.07) is 0. The molecule has 0 saturated heterocycles. The summed E-state index contributed by atoms with van der Waals surface area (Å²) in [4.78, 5) is 22.4. The molecule has 1 rings (SSSR count). The molecule has 0 aromatic heterocycles. The summed E-state index contributed by atoms with van der Waals surface area (Å²) in [6.45, 7) is 3.82. The van der Waals surface area contributed by atoms with Crippen LogP contribution in [0.2, 0.25) is 0 Å². The first-order valence-electron chi connectivity index (χ1n) is 4.70. The van der Waals surface area contributed by atoms with Crippen LogP contribution in [0.3, 0.4) is 0 Å². The lowest BCUT2D eigenvalue weighted by Crippen LogP contribution is -2.27. The Kier molecular flexibility index (Phi) is 3.01. The highest BCUT2D eigenvalue weighted by Gasteiger charge is 2.28. The fourth-order valence-electron chi connectivity index (χ4n) is 1.82. The molecule has 0 radical (unpaired) electrons. The van der Waals surface area contributed by atoms with Crippen molar-refractivity contribution < 1.29 is 9.59 Å². The molecule has 12 heavy (non-hydrogen) atoms. The van der Waals surface area contributed by atoms with E-state index in [1.165, 1.54) is 0 Å². The van der Waals surface area contributed by atoms with E-state index < -0.39 is 0 Å². The molecule has 0 aromatic carbocycles.